The third-order valence-corrected chi connectivity index (χ3v) is 5.50. The second kappa shape index (κ2) is 8.87. The number of thiazole rings is 1. The minimum atomic E-state index is -0.176. The van der Waals surface area contributed by atoms with Crippen LogP contribution in [0.3, 0.4) is 0 Å². The van der Waals surface area contributed by atoms with Crippen LogP contribution >= 0.6 is 11.3 Å². The fourth-order valence-corrected chi connectivity index (χ4v) is 3.99. The van der Waals surface area contributed by atoms with E-state index in [4.69, 9.17) is 9.72 Å². The highest BCUT2D eigenvalue weighted by atomic mass is 32.1. The molecule has 0 saturated carbocycles. The molecule has 1 aliphatic heterocycles. The van der Waals surface area contributed by atoms with E-state index in [2.05, 4.69) is 37.7 Å². The highest BCUT2D eigenvalue weighted by molar-refractivity contribution is 7.14. The number of nitrogens with zero attached hydrogens (tertiary/aromatic N) is 5. The zero-order chi connectivity index (χ0) is 20.1. The van der Waals surface area contributed by atoms with E-state index in [9.17, 15) is 4.79 Å². The number of hydrogen-bond acceptors (Lipinski definition) is 7. The van der Waals surface area contributed by atoms with Gasteiger partial charge in [-0.1, -0.05) is 30.3 Å². The van der Waals surface area contributed by atoms with Crippen LogP contribution in [0.5, 0.6) is 5.88 Å². The number of rotatable bonds is 5. The largest absolute Gasteiger partial charge is 0.476 e. The molecular weight excluding hydrogens is 388 g/mol. The summed E-state index contributed by atoms with van der Waals surface area (Å²) in [6.45, 7) is 5.04. The van der Waals surface area contributed by atoms with Crippen molar-refractivity contribution in [1.29, 1.82) is 0 Å². The van der Waals surface area contributed by atoms with Crippen molar-refractivity contribution in [3.63, 3.8) is 0 Å². The Morgan fingerprint density at radius 2 is 2.00 bits per heavy atom. The molecule has 9 heteroatoms. The fraction of sp³-hybridized carbons (Fsp3) is 0.300. The summed E-state index contributed by atoms with van der Waals surface area (Å²) in [6.07, 6.45) is 2.95. The highest BCUT2D eigenvalue weighted by Crippen LogP contribution is 2.28. The van der Waals surface area contributed by atoms with Gasteiger partial charge in [0.1, 0.15) is 12.0 Å². The molecule has 1 aromatic carbocycles. The van der Waals surface area contributed by atoms with Crippen LogP contribution in [-0.4, -0.2) is 58.7 Å². The summed E-state index contributed by atoms with van der Waals surface area (Å²) >= 11 is 1.63. The maximum Gasteiger partial charge on any atom is 0.322 e. The van der Waals surface area contributed by atoms with Gasteiger partial charge in [-0.05, 0) is 6.92 Å². The molecule has 0 spiro atoms. The van der Waals surface area contributed by atoms with Crippen molar-refractivity contribution in [2.75, 3.05) is 43.0 Å². The molecule has 3 aromatic rings. The van der Waals surface area contributed by atoms with Gasteiger partial charge in [0.05, 0.1) is 18.5 Å². The van der Waals surface area contributed by atoms with Crippen molar-refractivity contribution in [3.05, 3.63) is 48.2 Å². The number of amides is 2. The molecule has 29 heavy (non-hydrogen) atoms. The van der Waals surface area contributed by atoms with E-state index in [0.717, 1.165) is 29.5 Å². The van der Waals surface area contributed by atoms with Gasteiger partial charge in [0.15, 0.2) is 5.13 Å². The van der Waals surface area contributed by atoms with Gasteiger partial charge in [-0.2, -0.15) is 4.98 Å². The number of urea groups is 1. The van der Waals surface area contributed by atoms with E-state index in [1.54, 1.807) is 22.4 Å². The molecule has 0 radical (unpaired) electrons. The van der Waals surface area contributed by atoms with Gasteiger partial charge in [0, 0.05) is 37.1 Å². The molecule has 4 rings (SSSR count). The lowest BCUT2D eigenvalue weighted by atomic mass is 10.2. The fourth-order valence-electron chi connectivity index (χ4n) is 3.10. The zero-order valence-electron chi connectivity index (χ0n) is 16.1. The quantitative estimate of drug-likeness (QED) is 0.694. The number of piperazine rings is 1. The lowest BCUT2D eigenvalue weighted by molar-refractivity contribution is 0.208. The Bertz CT molecular complexity index is 956. The smallest absolute Gasteiger partial charge is 0.322 e. The van der Waals surface area contributed by atoms with Crippen molar-refractivity contribution >= 4 is 28.2 Å². The SMILES string of the molecule is CCOc1ncncc1NC(=O)N1CCN(c2nc(-c3ccccc3)cs2)CC1. The maximum atomic E-state index is 12.6. The Hall–Kier alpha value is -3.20. The van der Waals surface area contributed by atoms with Crippen molar-refractivity contribution < 1.29 is 9.53 Å². The van der Waals surface area contributed by atoms with Gasteiger partial charge in [-0.25, -0.2) is 14.8 Å². The molecule has 0 atom stereocenters. The number of anilines is 2. The topological polar surface area (TPSA) is 83.5 Å². The number of nitrogens with one attached hydrogen (secondary N) is 1. The molecule has 1 saturated heterocycles. The molecule has 1 aliphatic rings. The Morgan fingerprint density at radius 1 is 1.21 bits per heavy atom. The molecule has 0 bridgehead atoms. The summed E-state index contributed by atoms with van der Waals surface area (Å²) in [6, 6.07) is 9.97. The number of carbonyl (C=O) groups excluding carboxylic acids is 1. The third-order valence-electron chi connectivity index (χ3n) is 4.60. The Labute approximate surface area is 173 Å². The molecule has 2 aromatic heterocycles. The number of ether oxygens (including phenoxy) is 1. The Morgan fingerprint density at radius 3 is 2.76 bits per heavy atom. The highest BCUT2D eigenvalue weighted by Gasteiger charge is 2.24. The summed E-state index contributed by atoms with van der Waals surface area (Å²) < 4.78 is 5.44. The minimum absolute atomic E-state index is 0.176. The van der Waals surface area contributed by atoms with Crippen LogP contribution in [0.1, 0.15) is 6.92 Å². The zero-order valence-corrected chi connectivity index (χ0v) is 16.9. The molecule has 3 heterocycles. The number of benzene rings is 1. The van der Waals surface area contributed by atoms with E-state index in [0.29, 0.717) is 31.3 Å². The predicted molar refractivity (Wildman–Crippen MR) is 114 cm³/mol. The van der Waals surface area contributed by atoms with Crippen LogP contribution in [0.25, 0.3) is 11.3 Å². The van der Waals surface area contributed by atoms with Crippen molar-refractivity contribution in [2.24, 2.45) is 0 Å². The summed E-state index contributed by atoms with van der Waals surface area (Å²) in [7, 11) is 0. The summed E-state index contributed by atoms with van der Waals surface area (Å²) in [5.74, 6) is 0.380. The first kappa shape index (κ1) is 19.1. The second-order valence-corrected chi connectivity index (χ2v) is 7.30. The predicted octanol–water partition coefficient (Wildman–Crippen LogP) is 3.35. The Kier molecular flexibility index (Phi) is 5.85. The Balaban J connectivity index is 1.35. The van der Waals surface area contributed by atoms with Gasteiger partial charge < -0.3 is 19.9 Å². The molecule has 0 aliphatic carbocycles. The average Bonchev–Trinajstić information content (AvgIpc) is 3.26. The van der Waals surface area contributed by atoms with Gasteiger partial charge in [0.2, 0.25) is 5.88 Å². The van der Waals surface area contributed by atoms with Gasteiger partial charge in [-0.3, -0.25) is 0 Å². The normalized spacial score (nSPS) is 14.0. The molecular formula is C20H22N6O2S. The van der Waals surface area contributed by atoms with Crippen LogP contribution in [0, 0.1) is 0 Å². The maximum absolute atomic E-state index is 12.6. The van der Waals surface area contributed by atoms with E-state index in [1.165, 1.54) is 6.33 Å². The van der Waals surface area contributed by atoms with Crippen LogP contribution < -0.4 is 15.0 Å². The van der Waals surface area contributed by atoms with Crippen LogP contribution in [0.4, 0.5) is 15.6 Å². The lowest BCUT2D eigenvalue weighted by Gasteiger charge is -2.34. The van der Waals surface area contributed by atoms with Crippen molar-refractivity contribution in [2.45, 2.75) is 6.92 Å². The summed E-state index contributed by atoms with van der Waals surface area (Å²) in [5, 5.41) is 5.91. The van der Waals surface area contributed by atoms with Crippen LogP contribution in [0.2, 0.25) is 0 Å². The monoisotopic (exact) mass is 410 g/mol. The van der Waals surface area contributed by atoms with E-state index < -0.39 is 0 Å². The number of hydrogen-bond donors (Lipinski definition) is 1. The van der Waals surface area contributed by atoms with Crippen LogP contribution in [-0.2, 0) is 0 Å². The standard InChI is InChI=1S/C20H22N6O2S/c1-2-28-18-16(12-21-14-22-18)23-19(27)25-8-10-26(11-9-25)20-24-17(13-29-20)15-6-4-3-5-7-15/h3-7,12-14H,2,8-11H2,1H3,(H,23,27). The molecule has 0 unspecified atom stereocenters. The van der Waals surface area contributed by atoms with Gasteiger partial charge in [-0.15, -0.1) is 11.3 Å². The van der Waals surface area contributed by atoms with Crippen LogP contribution in [0.15, 0.2) is 48.2 Å². The van der Waals surface area contributed by atoms with E-state index in [-0.39, 0.29) is 6.03 Å². The number of carbonyl (C=O) groups is 1. The first-order valence-corrected chi connectivity index (χ1v) is 10.4. The third kappa shape index (κ3) is 4.45. The molecule has 1 N–H and O–H groups in total. The molecule has 8 nitrogen and oxygen atoms in total. The number of aromatic nitrogens is 3. The second-order valence-electron chi connectivity index (χ2n) is 6.46. The first-order valence-electron chi connectivity index (χ1n) is 9.49. The molecule has 1 fully saturated rings. The molecule has 2 amide bonds. The summed E-state index contributed by atoms with van der Waals surface area (Å²) in [5.41, 5.74) is 2.58. The van der Waals surface area contributed by atoms with Crippen molar-refractivity contribution in [1.82, 2.24) is 19.9 Å². The van der Waals surface area contributed by atoms with Gasteiger partial charge >= 0.3 is 6.03 Å². The molecule has 150 valence electrons. The lowest BCUT2D eigenvalue weighted by Crippen LogP contribution is -2.50. The summed E-state index contributed by atoms with van der Waals surface area (Å²) in [4.78, 5) is 29.4. The van der Waals surface area contributed by atoms with E-state index in [1.807, 2.05) is 25.1 Å². The van der Waals surface area contributed by atoms with E-state index >= 15 is 0 Å². The minimum Gasteiger partial charge on any atom is -0.476 e. The van der Waals surface area contributed by atoms with Crippen molar-refractivity contribution in [3.8, 4) is 17.1 Å². The first-order chi connectivity index (χ1) is 14.2. The average molecular weight is 411 g/mol. The van der Waals surface area contributed by atoms with Gasteiger partial charge in [0.25, 0.3) is 0 Å².